The molecule has 0 amide bonds. The Morgan fingerprint density at radius 1 is 1.06 bits per heavy atom. The second kappa shape index (κ2) is 3.45. The summed E-state index contributed by atoms with van der Waals surface area (Å²) in [5.41, 5.74) is 4.17. The molecular formula is C15H13NO. The molecule has 3 aromatic rings. The van der Waals surface area contributed by atoms with Crippen molar-refractivity contribution in [2.24, 2.45) is 7.05 Å². The zero-order valence-corrected chi connectivity index (χ0v) is 9.90. The van der Waals surface area contributed by atoms with Gasteiger partial charge in [-0.1, -0.05) is 30.3 Å². The van der Waals surface area contributed by atoms with Crippen LogP contribution in [0.3, 0.4) is 0 Å². The van der Waals surface area contributed by atoms with Crippen LogP contribution in [0.5, 0.6) is 0 Å². The number of rotatable bonds is 1. The smallest absolute Gasteiger partial charge is 0.150 e. The van der Waals surface area contributed by atoms with Gasteiger partial charge in [-0.3, -0.25) is 4.79 Å². The van der Waals surface area contributed by atoms with E-state index in [1.54, 1.807) is 0 Å². The van der Waals surface area contributed by atoms with Gasteiger partial charge >= 0.3 is 0 Å². The molecule has 1 heterocycles. The Balaban J connectivity index is 2.62. The topological polar surface area (TPSA) is 22.0 Å². The third-order valence-corrected chi connectivity index (χ3v) is 3.49. The second-order valence-electron chi connectivity index (χ2n) is 4.37. The van der Waals surface area contributed by atoms with E-state index >= 15 is 0 Å². The minimum Gasteiger partial charge on any atom is -0.343 e. The third kappa shape index (κ3) is 1.24. The van der Waals surface area contributed by atoms with Crippen LogP contribution in [0.4, 0.5) is 0 Å². The highest BCUT2D eigenvalue weighted by Gasteiger charge is 2.11. The number of carbonyl (C=O) groups is 1. The summed E-state index contributed by atoms with van der Waals surface area (Å²) in [4.78, 5) is 11.0. The Morgan fingerprint density at radius 3 is 2.59 bits per heavy atom. The maximum atomic E-state index is 11.0. The fraction of sp³-hybridized carbons (Fsp3) is 0.133. The van der Waals surface area contributed by atoms with E-state index in [-0.39, 0.29) is 0 Å². The molecule has 84 valence electrons. The molecule has 0 spiro atoms. The van der Waals surface area contributed by atoms with E-state index in [2.05, 4.69) is 16.7 Å². The molecule has 0 N–H and O–H groups in total. The normalized spacial score (nSPS) is 11.2. The summed E-state index contributed by atoms with van der Waals surface area (Å²) < 4.78 is 2.16. The van der Waals surface area contributed by atoms with Crippen molar-refractivity contribution in [1.82, 2.24) is 4.57 Å². The van der Waals surface area contributed by atoms with Crippen LogP contribution in [-0.4, -0.2) is 10.9 Å². The van der Waals surface area contributed by atoms with Crippen molar-refractivity contribution in [3.63, 3.8) is 0 Å². The summed E-state index contributed by atoms with van der Waals surface area (Å²) in [5.74, 6) is 0. The highest BCUT2D eigenvalue weighted by molar-refractivity contribution is 6.10. The van der Waals surface area contributed by atoms with Crippen LogP contribution in [0.1, 0.15) is 15.9 Å². The van der Waals surface area contributed by atoms with Crippen LogP contribution in [0.25, 0.3) is 21.8 Å². The molecule has 0 fully saturated rings. The SMILES string of the molecule is Cc1c(C=O)ccc2c3ccccc3n(C)c12. The number of aromatic nitrogens is 1. The average molecular weight is 223 g/mol. The fourth-order valence-electron chi connectivity index (χ4n) is 2.61. The average Bonchev–Trinajstić information content (AvgIpc) is 2.65. The number of hydrogen-bond acceptors (Lipinski definition) is 1. The highest BCUT2D eigenvalue weighted by Crippen LogP contribution is 2.30. The van der Waals surface area contributed by atoms with E-state index in [4.69, 9.17) is 0 Å². The van der Waals surface area contributed by atoms with Crippen molar-refractivity contribution in [3.05, 3.63) is 47.5 Å². The first kappa shape index (κ1) is 10.1. The molecule has 0 aliphatic heterocycles. The largest absolute Gasteiger partial charge is 0.343 e. The number of carbonyl (C=O) groups excluding carboxylic acids is 1. The molecule has 0 aliphatic rings. The lowest BCUT2D eigenvalue weighted by Gasteiger charge is -2.03. The molecule has 17 heavy (non-hydrogen) atoms. The van der Waals surface area contributed by atoms with E-state index in [9.17, 15) is 4.79 Å². The first-order valence-corrected chi connectivity index (χ1v) is 5.66. The third-order valence-electron chi connectivity index (χ3n) is 3.49. The van der Waals surface area contributed by atoms with Crippen LogP contribution in [0.15, 0.2) is 36.4 Å². The molecule has 0 bridgehead atoms. The molecule has 0 radical (unpaired) electrons. The van der Waals surface area contributed by atoms with Crippen molar-refractivity contribution in [1.29, 1.82) is 0 Å². The van der Waals surface area contributed by atoms with Gasteiger partial charge in [-0.15, -0.1) is 0 Å². The predicted octanol–water partition coefficient (Wildman–Crippen LogP) is 3.45. The predicted molar refractivity (Wildman–Crippen MR) is 70.5 cm³/mol. The summed E-state index contributed by atoms with van der Waals surface area (Å²) in [7, 11) is 2.05. The minimum absolute atomic E-state index is 0.767. The first-order valence-electron chi connectivity index (χ1n) is 5.66. The molecular weight excluding hydrogens is 210 g/mol. The zero-order valence-electron chi connectivity index (χ0n) is 9.90. The number of hydrogen-bond donors (Lipinski definition) is 0. The van der Waals surface area contributed by atoms with E-state index in [0.29, 0.717) is 0 Å². The van der Waals surface area contributed by atoms with Gasteiger partial charge in [-0.05, 0) is 18.6 Å². The number of para-hydroxylation sites is 1. The lowest BCUT2D eigenvalue weighted by Crippen LogP contribution is -1.93. The van der Waals surface area contributed by atoms with E-state index < -0.39 is 0 Å². The molecule has 1 aromatic heterocycles. The van der Waals surface area contributed by atoms with Crippen LogP contribution >= 0.6 is 0 Å². The Bertz CT molecular complexity index is 737. The van der Waals surface area contributed by atoms with Gasteiger partial charge in [0, 0.05) is 28.9 Å². The monoisotopic (exact) mass is 223 g/mol. The summed E-state index contributed by atoms with van der Waals surface area (Å²) in [6.45, 7) is 2.00. The van der Waals surface area contributed by atoms with Gasteiger partial charge in [0.25, 0.3) is 0 Å². The molecule has 2 aromatic carbocycles. The Labute approximate surface area is 99.5 Å². The van der Waals surface area contributed by atoms with Crippen LogP contribution in [-0.2, 0) is 7.05 Å². The summed E-state index contributed by atoms with van der Waals surface area (Å²) in [5, 5.41) is 2.46. The molecule has 0 saturated carbocycles. The zero-order chi connectivity index (χ0) is 12.0. The Hall–Kier alpha value is -2.09. The molecule has 2 heteroatoms. The maximum absolute atomic E-state index is 11.0. The van der Waals surface area contributed by atoms with Crippen molar-refractivity contribution in [2.75, 3.05) is 0 Å². The van der Waals surface area contributed by atoms with Crippen molar-refractivity contribution >= 4 is 28.1 Å². The lowest BCUT2D eigenvalue weighted by molar-refractivity contribution is 0.112. The Kier molecular flexibility index (Phi) is 2.05. The molecule has 2 nitrogen and oxygen atoms in total. The molecule has 0 saturated heterocycles. The highest BCUT2D eigenvalue weighted by atomic mass is 16.1. The quantitative estimate of drug-likeness (QED) is 0.579. The minimum atomic E-state index is 0.767. The van der Waals surface area contributed by atoms with E-state index in [1.807, 2.05) is 38.2 Å². The molecule has 0 aliphatic carbocycles. The standard InChI is InChI=1S/C15H13NO/c1-10-11(9-17)7-8-13-12-5-3-4-6-14(12)16(2)15(10)13/h3-9H,1-2H3. The van der Waals surface area contributed by atoms with Crippen LogP contribution in [0.2, 0.25) is 0 Å². The van der Waals surface area contributed by atoms with Crippen molar-refractivity contribution < 1.29 is 4.79 Å². The van der Waals surface area contributed by atoms with E-state index in [1.165, 1.54) is 16.3 Å². The number of aldehydes is 1. The molecule has 0 unspecified atom stereocenters. The van der Waals surface area contributed by atoms with Gasteiger partial charge in [-0.25, -0.2) is 0 Å². The van der Waals surface area contributed by atoms with Gasteiger partial charge in [-0.2, -0.15) is 0 Å². The van der Waals surface area contributed by atoms with Gasteiger partial charge in [0.2, 0.25) is 0 Å². The fourth-order valence-corrected chi connectivity index (χ4v) is 2.61. The summed E-state index contributed by atoms with van der Waals surface area (Å²) in [6, 6.07) is 12.3. The first-order chi connectivity index (χ1) is 8.24. The lowest BCUT2D eigenvalue weighted by atomic mass is 10.0. The van der Waals surface area contributed by atoms with Gasteiger partial charge in [0.1, 0.15) is 6.29 Å². The number of fused-ring (bicyclic) bond motifs is 3. The van der Waals surface area contributed by atoms with Crippen molar-refractivity contribution in [3.8, 4) is 0 Å². The number of benzene rings is 2. The number of aryl methyl sites for hydroxylation is 2. The number of nitrogens with zero attached hydrogens (tertiary/aromatic N) is 1. The van der Waals surface area contributed by atoms with Gasteiger partial charge < -0.3 is 4.57 Å². The summed E-state index contributed by atoms with van der Waals surface area (Å²) >= 11 is 0. The van der Waals surface area contributed by atoms with Crippen LogP contribution in [0, 0.1) is 6.92 Å². The van der Waals surface area contributed by atoms with Gasteiger partial charge in [0.15, 0.2) is 0 Å². The maximum Gasteiger partial charge on any atom is 0.150 e. The Morgan fingerprint density at radius 2 is 1.82 bits per heavy atom. The van der Waals surface area contributed by atoms with Crippen LogP contribution < -0.4 is 0 Å². The summed E-state index contributed by atoms with van der Waals surface area (Å²) in [6.07, 6.45) is 0.923. The second-order valence-corrected chi connectivity index (χ2v) is 4.37. The molecule has 0 atom stereocenters. The van der Waals surface area contributed by atoms with Crippen molar-refractivity contribution in [2.45, 2.75) is 6.92 Å². The molecule has 3 rings (SSSR count). The van der Waals surface area contributed by atoms with E-state index in [0.717, 1.165) is 22.9 Å². The van der Waals surface area contributed by atoms with Gasteiger partial charge in [0.05, 0.1) is 5.52 Å².